The maximum absolute atomic E-state index is 12.9. The molecule has 1 atom stereocenters. The van der Waals surface area contributed by atoms with Crippen LogP contribution in [0.3, 0.4) is 0 Å². The van der Waals surface area contributed by atoms with E-state index in [4.69, 9.17) is 0 Å². The van der Waals surface area contributed by atoms with Crippen LogP contribution in [0.4, 0.5) is 4.39 Å². The molecule has 5 nitrogen and oxygen atoms in total. The second-order valence-corrected chi connectivity index (χ2v) is 4.91. The molecule has 0 bridgehead atoms. The zero-order valence-electron chi connectivity index (χ0n) is 11.4. The van der Waals surface area contributed by atoms with E-state index in [-0.39, 0.29) is 17.7 Å². The number of pyridine rings is 1. The number of carbonyl (C=O) groups excluding carboxylic acids is 1. The lowest BCUT2D eigenvalue weighted by Crippen LogP contribution is -2.38. The fraction of sp³-hybridized carbons (Fsp3) is 0.200. The van der Waals surface area contributed by atoms with Gasteiger partial charge in [-0.15, -0.1) is 0 Å². The van der Waals surface area contributed by atoms with Crippen LogP contribution < -0.4 is 10.9 Å². The molecule has 6 heteroatoms. The number of aliphatic hydroxyl groups is 1. The van der Waals surface area contributed by atoms with Crippen molar-refractivity contribution in [1.82, 2.24) is 10.3 Å². The van der Waals surface area contributed by atoms with Crippen LogP contribution in [-0.4, -0.2) is 22.5 Å². The Kier molecular flexibility index (Phi) is 4.18. The maximum Gasteiger partial charge on any atom is 0.252 e. The van der Waals surface area contributed by atoms with Crippen LogP contribution in [0.2, 0.25) is 0 Å². The number of carbonyl (C=O) groups is 1. The Morgan fingerprint density at radius 2 is 1.95 bits per heavy atom. The van der Waals surface area contributed by atoms with Gasteiger partial charge in [0.1, 0.15) is 11.4 Å². The molecule has 0 fully saturated rings. The second-order valence-electron chi connectivity index (χ2n) is 4.91. The predicted octanol–water partition coefficient (Wildman–Crippen LogP) is 1.15. The molecule has 110 valence electrons. The van der Waals surface area contributed by atoms with E-state index in [2.05, 4.69) is 10.3 Å². The highest BCUT2D eigenvalue weighted by molar-refractivity contribution is 5.93. The molecule has 0 radical (unpaired) electrons. The van der Waals surface area contributed by atoms with E-state index in [1.807, 2.05) is 0 Å². The zero-order valence-corrected chi connectivity index (χ0v) is 11.4. The molecule has 0 saturated carbocycles. The van der Waals surface area contributed by atoms with Crippen LogP contribution in [0.25, 0.3) is 0 Å². The van der Waals surface area contributed by atoms with Crippen molar-refractivity contribution in [2.75, 3.05) is 6.54 Å². The molecule has 21 heavy (non-hydrogen) atoms. The minimum Gasteiger partial charge on any atom is -0.384 e. The summed E-state index contributed by atoms with van der Waals surface area (Å²) in [7, 11) is 0. The first kappa shape index (κ1) is 14.9. The number of hydrogen-bond donors (Lipinski definition) is 3. The average molecular weight is 290 g/mol. The number of halogens is 1. The molecule has 0 aliphatic heterocycles. The number of aromatic amines is 1. The number of H-pyrrole nitrogens is 1. The van der Waals surface area contributed by atoms with Crippen LogP contribution in [-0.2, 0) is 5.60 Å². The summed E-state index contributed by atoms with van der Waals surface area (Å²) in [6.07, 6.45) is 1.30. The summed E-state index contributed by atoms with van der Waals surface area (Å²) >= 11 is 0. The third kappa shape index (κ3) is 3.76. The summed E-state index contributed by atoms with van der Waals surface area (Å²) in [6, 6.07) is 8.04. The summed E-state index contributed by atoms with van der Waals surface area (Å²) in [5.74, 6) is -0.819. The Balaban J connectivity index is 2.04. The highest BCUT2D eigenvalue weighted by atomic mass is 19.1. The summed E-state index contributed by atoms with van der Waals surface area (Å²) < 4.78 is 12.9. The van der Waals surface area contributed by atoms with Crippen molar-refractivity contribution in [3.05, 3.63) is 69.9 Å². The SMILES string of the molecule is CC(O)(CNC(=O)c1ccc(=O)[nH]c1)c1ccc(F)cc1. The van der Waals surface area contributed by atoms with Crippen LogP contribution >= 0.6 is 0 Å². The molecule has 0 aliphatic carbocycles. The molecule has 3 N–H and O–H groups in total. The number of nitrogens with one attached hydrogen (secondary N) is 2. The number of aromatic nitrogens is 1. The first-order chi connectivity index (χ1) is 9.88. The molecule has 1 unspecified atom stereocenters. The smallest absolute Gasteiger partial charge is 0.252 e. The van der Waals surface area contributed by atoms with E-state index in [1.54, 1.807) is 0 Å². The van der Waals surface area contributed by atoms with E-state index >= 15 is 0 Å². The van der Waals surface area contributed by atoms with Gasteiger partial charge < -0.3 is 15.4 Å². The highest BCUT2D eigenvalue weighted by Gasteiger charge is 2.24. The van der Waals surface area contributed by atoms with Crippen LogP contribution in [0, 0.1) is 5.82 Å². The first-order valence-electron chi connectivity index (χ1n) is 6.34. The molecule has 1 heterocycles. The van der Waals surface area contributed by atoms with Gasteiger partial charge in [0.2, 0.25) is 5.56 Å². The lowest BCUT2D eigenvalue weighted by molar-refractivity contribution is 0.0526. The summed E-state index contributed by atoms with van der Waals surface area (Å²) in [5, 5.41) is 12.9. The van der Waals surface area contributed by atoms with Gasteiger partial charge in [0, 0.05) is 12.3 Å². The van der Waals surface area contributed by atoms with Crippen molar-refractivity contribution in [2.45, 2.75) is 12.5 Å². The van der Waals surface area contributed by atoms with Crippen molar-refractivity contribution in [2.24, 2.45) is 0 Å². The fourth-order valence-corrected chi connectivity index (χ4v) is 1.82. The van der Waals surface area contributed by atoms with E-state index in [9.17, 15) is 19.1 Å². The van der Waals surface area contributed by atoms with Crippen molar-refractivity contribution in [3.8, 4) is 0 Å². The number of benzene rings is 1. The van der Waals surface area contributed by atoms with Crippen LogP contribution in [0.1, 0.15) is 22.8 Å². The molecule has 2 aromatic rings. The molecular weight excluding hydrogens is 275 g/mol. The van der Waals surface area contributed by atoms with Crippen LogP contribution in [0.5, 0.6) is 0 Å². The maximum atomic E-state index is 12.9. The normalized spacial score (nSPS) is 13.5. The Morgan fingerprint density at radius 1 is 1.29 bits per heavy atom. The molecule has 2 rings (SSSR count). The molecular formula is C15H15FN2O3. The molecule has 1 amide bonds. The summed E-state index contributed by atoms with van der Waals surface area (Å²) in [4.78, 5) is 25.2. The van der Waals surface area contributed by atoms with Gasteiger partial charge in [0.05, 0.1) is 12.1 Å². The summed E-state index contributed by atoms with van der Waals surface area (Å²) in [5.41, 5.74) is -0.856. The van der Waals surface area contributed by atoms with Crippen molar-refractivity contribution < 1.29 is 14.3 Å². The van der Waals surface area contributed by atoms with E-state index < -0.39 is 17.3 Å². The largest absolute Gasteiger partial charge is 0.384 e. The number of amides is 1. The monoisotopic (exact) mass is 290 g/mol. The minimum atomic E-state index is -1.33. The molecule has 1 aromatic carbocycles. The van der Waals surface area contributed by atoms with E-state index in [0.29, 0.717) is 5.56 Å². The summed E-state index contributed by atoms with van der Waals surface area (Å²) in [6.45, 7) is 1.48. The van der Waals surface area contributed by atoms with Gasteiger partial charge in [-0.1, -0.05) is 12.1 Å². The quantitative estimate of drug-likeness (QED) is 0.790. The number of rotatable bonds is 4. The second kappa shape index (κ2) is 5.88. The Hall–Kier alpha value is -2.47. The molecule has 0 aliphatic rings. The predicted molar refractivity (Wildman–Crippen MR) is 75.4 cm³/mol. The van der Waals surface area contributed by atoms with Crippen LogP contribution in [0.15, 0.2) is 47.4 Å². The highest BCUT2D eigenvalue weighted by Crippen LogP contribution is 2.19. The number of hydrogen-bond acceptors (Lipinski definition) is 3. The lowest BCUT2D eigenvalue weighted by atomic mass is 9.96. The third-order valence-electron chi connectivity index (χ3n) is 3.11. The Labute approximate surface area is 120 Å². The fourth-order valence-electron chi connectivity index (χ4n) is 1.82. The van der Waals surface area contributed by atoms with E-state index in [1.165, 1.54) is 49.5 Å². The van der Waals surface area contributed by atoms with Gasteiger partial charge in [-0.05, 0) is 30.7 Å². The lowest BCUT2D eigenvalue weighted by Gasteiger charge is -2.24. The standard InChI is InChI=1S/C15H15FN2O3/c1-15(21,11-3-5-12(16)6-4-11)9-18-14(20)10-2-7-13(19)17-8-10/h2-8,21H,9H2,1H3,(H,17,19)(H,18,20). The zero-order chi connectivity index (χ0) is 15.5. The molecule has 1 aromatic heterocycles. The van der Waals surface area contributed by atoms with Crippen molar-refractivity contribution in [1.29, 1.82) is 0 Å². The van der Waals surface area contributed by atoms with Gasteiger partial charge in [-0.3, -0.25) is 9.59 Å². The van der Waals surface area contributed by atoms with Gasteiger partial charge >= 0.3 is 0 Å². The molecule has 0 saturated heterocycles. The van der Waals surface area contributed by atoms with Gasteiger partial charge in [-0.25, -0.2) is 4.39 Å². The Morgan fingerprint density at radius 3 is 2.52 bits per heavy atom. The van der Waals surface area contributed by atoms with Gasteiger partial charge in [0.15, 0.2) is 0 Å². The molecule has 0 spiro atoms. The van der Waals surface area contributed by atoms with E-state index in [0.717, 1.165) is 0 Å². The average Bonchev–Trinajstić information content (AvgIpc) is 2.46. The topological polar surface area (TPSA) is 82.2 Å². The van der Waals surface area contributed by atoms with Crippen molar-refractivity contribution >= 4 is 5.91 Å². The third-order valence-corrected chi connectivity index (χ3v) is 3.11. The van der Waals surface area contributed by atoms with Crippen molar-refractivity contribution in [3.63, 3.8) is 0 Å². The Bertz CT molecular complexity index is 672. The van der Waals surface area contributed by atoms with Gasteiger partial charge in [0.25, 0.3) is 5.91 Å². The van der Waals surface area contributed by atoms with Gasteiger partial charge in [-0.2, -0.15) is 0 Å². The first-order valence-corrected chi connectivity index (χ1v) is 6.34. The minimum absolute atomic E-state index is 0.0450.